The number of benzene rings is 2. The molecule has 31 heavy (non-hydrogen) atoms. The summed E-state index contributed by atoms with van der Waals surface area (Å²) >= 11 is 5.93. The van der Waals surface area contributed by atoms with Crippen molar-refractivity contribution in [1.29, 1.82) is 0 Å². The summed E-state index contributed by atoms with van der Waals surface area (Å²) in [5, 5.41) is 25.0. The van der Waals surface area contributed by atoms with Crippen molar-refractivity contribution in [3.8, 4) is 11.5 Å². The van der Waals surface area contributed by atoms with Gasteiger partial charge in [-0.05, 0) is 61.2 Å². The minimum absolute atomic E-state index is 0.0209. The highest BCUT2D eigenvalue weighted by Crippen LogP contribution is 2.50. The normalized spacial score (nSPS) is 26.2. The maximum Gasteiger partial charge on any atom is 0.238 e. The molecule has 2 aromatic carbocycles. The number of piperidine rings is 1. The number of aromatic hydroxyl groups is 1. The van der Waals surface area contributed by atoms with Crippen LogP contribution in [0, 0.1) is 5.92 Å². The van der Waals surface area contributed by atoms with Crippen LogP contribution in [-0.4, -0.2) is 46.8 Å². The molecule has 2 fully saturated rings. The SMILES string of the molecule is COc1cc([C@H]2[C@H]3CCCC[C@]3(O)CCN2CC(=O)Nc2ccc(Cl)cc2)ccc1O. The zero-order valence-electron chi connectivity index (χ0n) is 17.7. The number of aliphatic hydroxyl groups is 1. The summed E-state index contributed by atoms with van der Waals surface area (Å²) in [6.45, 7) is 0.831. The van der Waals surface area contributed by atoms with E-state index in [4.69, 9.17) is 16.3 Å². The van der Waals surface area contributed by atoms with Gasteiger partial charge in [-0.25, -0.2) is 0 Å². The molecule has 0 radical (unpaired) electrons. The van der Waals surface area contributed by atoms with Crippen LogP contribution in [0.2, 0.25) is 5.02 Å². The first-order valence-corrected chi connectivity index (χ1v) is 11.2. The van der Waals surface area contributed by atoms with E-state index in [0.29, 0.717) is 29.4 Å². The number of ether oxygens (including phenoxy) is 1. The molecule has 6 nitrogen and oxygen atoms in total. The molecule has 3 N–H and O–H groups in total. The summed E-state index contributed by atoms with van der Waals surface area (Å²) in [5.74, 6) is 0.382. The summed E-state index contributed by atoms with van der Waals surface area (Å²) in [6, 6.07) is 12.2. The van der Waals surface area contributed by atoms with Crippen LogP contribution < -0.4 is 10.1 Å². The Morgan fingerprint density at radius 3 is 2.74 bits per heavy atom. The van der Waals surface area contributed by atoms with E-state index >= 15 is 0 Å². The summed E-state index contributed by atoms with van der Waals surface area (Å²) in [7, 11) is 1.52. The highest BCUT2D eigenvalue weighted by atomic mass is 35.5. The van der Waals surface area contributed by atoms with E-state index in [0.717, 1.165) is 31.2 Å². The third-order valence-corrected chi connectivity index (χ3v) is 6.94. The zero-order valence-corrected chi connectivity index (χ0v) is 18.4. The van der Waals surface area contributed by atoms with E-state index < -0.39 is 5.60 Å². The van der Waals surface area contributed by atoms with E-state index in [1.54, 1.807) is 30.3 Å². The fourth-order valence-electron chi connectivity index (χ4n) is 5.16. The van der Waals surface area contributed by atoms with Gasteiger partial charge in [0.15, 0.2) is 11.5 Å². The number of carbonyl (C=O) groups is 1. The lowest BCUT2D eigenvalue weighted by atomic mass is 9.66. The van der Waals surface area contributed by atoms with Gasteiger partial charge in [0.25, 0.3) is 0 Å². The van der Waals surface area contributed by atoms with Crippen molar-refractivity contribution in [3.05, 3.63) is 53.1 Å². The molecule has 7 heteroatoms. The number of halogens is 1. The minimum Gasteiger partial charge on any atom is -0.504 e. The Bertz CT molecular complexity index is 936. The molecule has 1 aliphatic carbocycles. The number of fused-ring (bicyclic) bond motifs is 1. The molecule has 3 atom stereocenters. The lowest BCUT2D eigenvalue weighted by molar-refractivity contribution is -0.135. The fourth-order valence-corrected chi connectivity index (χ4v) is 5.29. The molecule has 0 aromatic heterocycles. The third kappa shape index (κ3) is 4.66. The third-order valence-electron chi connectivity index (χ3n) is 6.69. The number of methoxy groups -OCH3 is 1. The molecule has 0 spiro atoms. The lowest BCUT2D eigenvalue weighted by Gasteiger charge is -2.52. The molecule has 1 amide bonds. The molecule has 1 heterocycles. The molecule has 1 aliphatic heterocycles. The maximum atomic E-state index is 12.8. The topological polar surface area (TPSA) is 82.0 Å². The number of amides is 1. The number of likely N-dealkylation sites (tertiary alicyclic amines) is 1. The average Bonchev–Trinajstić information content (AvgIpc) is 2.76. The van der Waals surface area contributed by atoms with Gasteiger partial charge < -0.3 is 20.3 Å². The van der Waals surface area contributed by atoms with E-state index in [1.165, 1.54) is 7.11 Å². The Hall–Kier alpha value is -2.28. The number of phenols is 1. The highest BCUT2D eigenvalue weighted by molar-refractivity contribution is 6.30. The Morgan fingerprint density at radius 2 is 2.00 bits per heavy atom. The smallest absolute Gasteiger partial charge is 0.238 e. The molecule has 2 aliphatic rings. The predicted molar refractivity (Wildman–Crippen MR) is 121 cm³/mol. The molecule has 1 saturated carbocycles. The van der Waals surface area contributed by atoms with Crippen LogP contribution in [0.4, 0.5) is 5.69 Å². The van der Waals surface area contributed by atoms with Gasteiger partial charge in [0, 0.05) is 29.2 Å². The maximum absolute atomic E-state index is 12.8. The van der Waals surface area contributed by atoms with Gasteiger partial charge in [-0.15, -0.1) is 0 Å². The first kappa shape index (κ1) is 21.9. The quantitative estimate of drug-likeness (QED) is 0.638. The van der Waals surface area contributed by atoms with Crippen molar-refractivity contribution < 1.29 is 19.7 Å². The van der Waals surface area contributed by atoms with Crippen LogP contribution in [0.15, 0.2) is 42.5 Å². The molecular formula is C24H29ClN2O4. The largest absolute Gasteiger partial charge is 0.504 e. The predicted octanol–water partition coefficient (Wildman–Crippen LogP) is 4.36. The van der Waals surface area contributed by atoms with E-state index in [2.05, 4.69) is 10.2 Å². The molecule has 4 rings (SSSR count). The number of nitrogens with one attached hydrogen (secondary N) is 1. The number of anilines is 1. The van der Waals surface area contributed by atoms with Crippen molar-refractivity contribution in [2.24, 2.45) is 5.92 Å². The monoisotopic (exact) mass is 444 g/mol. The van der Waals surface area contributed by atoms with Crippen molar-refractivity contribution in [2.75, 3.05) is 25.5 Å². The number of rotatable bonds is 5. The number of hydrogen-bond donors (Lipinski definition) is 3. The zero-order chi connectivity index (χ0) is 22.0. The Morgan fingerprint density at radius 1 is 1.23 bits per heavy atom. The Balaban J connectivity index is 1.60. The second kappa shape index (κ2) is 9.07. The average molecular weight is 445 g/mol. The van der Waals surface area contributed by atoms with Crippen LogP contribution in [0.5, 0.6) is 11.5 Å². The first-order valence-electron chi connectivity index (χ1n) is 10.8. The molecule has 1 saturated heterocycles. The van der Waals surface area contributed by atoms with Crippen LogP contribution in [-0.2, 0) is 4.79 Å². The summed E-state index contributed by atoms with van der Waals surface area (Å²) in [5.41, 5.74) is 0.916. The van der Waals surface area contributed by atoms with E-state index in [-0.39, 0.29) is 30.2 Å². The lowest BCUT2D eigenvalue weighted by Crippen LogP contribution is -2.56. The minimum atomic E-state index is -0.725. The molecule has 0 unspecified atom stereocenters. The van der Waals surface area contributed by atoms with E-state index in [1.807, 2.05) is 12.1 Å². The van der Waals surface area contributed by atoms with Gasteiger partial charge in [0.1, 0.15) is 0 Å². The molecular weight excluding hydrogens is 416 g/mol. The first-order chi connectivity index (χ1) is 14.9. The van der Waals surface area contributed by atoms with Crippen molar-refractivity contribution in [1.82, 2.24) is 4.90 Å². The van der Waals surface area contributed by atoms with Gasteiger partial charge in [-0.1, -0.05) is 30.5 Å². The highest BCUT2D eigenvalue weighted by Gasteiger charge is 2.49. The number of phenolic OH excluding ortho intramolecular Hbond substituents is 1. The second-order valence-corrected chi connectivity index (χ2v) is 9.04. The van der Waals surface area contributed by atoms with E-state index in [9.17, 15) is 15.0 Å². The van der Waals surface area contributed by atoms with Gasteiger partial charge in [0.05, 0.1) is 19.3 Å². The Labute approximate surface area is 187 Å². The standard InChI is InChI=1S/C24H29ClN2O4/c1-31-21-14-16(5-10-20(21)28)23-19-4-2-3-11-24(19,30)12-13-27(23)15-22(29)26-18-8-6-17(25)7-9-18/h5-10,14,19,23,28,30H,2-4,11-13,15H2,1H3,(H,26,29)/t19-,23+,24+/m1/s1. The van der Waals surface area contributed by atoms with Crippen LogP contribution in [0.3, 0.4) is 0 Å². The van der Waals surface area contributed by atoms with Gasteiger partial charge in [0.2, 0.25) is 5.91 Å². The summed E-state index contributed by atoms with van der Waals surface area (Å²) < 4.78 is 5.32. The van der Waals surface area contributed by atoms with Gasteiger partial charge >= 0.3 is 0 Å². The van der Waals surface area contributed by atoms with Gasteiger partial charge in [-0.2, -0.15) is 0 Å². The van der Waals surface area contributed by atoms with Crippen molar-refractivity contribution >= 4 is 23.2 Å². The van der Waals surface area contributed by atoms with Crippen LogP contribution >= 0.6 is 11.6 Å². The number of carbonyl (C=O) groups excluding carboxylic acids is 1. The van der Waals surface area contributed by atoms with Crippen LogP contribution in [0.25, 0.3) is 0 Å². The van der Waals surface area contributed by atoms with Crippen molar-refractivity contribution in [2.45, 2.75) is 43.7 Å². The second-order valence-electron chi connectivity index (χ2n) is 8.61. The number of hydrogen-bond acceptors (Lipinski definition) is 5. The van der Waals surface area contributed by atoms with Crippen molar-refractivity contribution in [3.63, 3.8) is 0 Å². The van der Waals surface area contributed by atoms with Gasteiger partial charge in [-0.3, -0.25) is 9.69 Å². The van der Waals surface area contributed by atoms with Crippen LogP contribution in [0.1, 0.15) is 43.7 Å². The summed E-state index contributed by atoms with van der Waals surface area (Å²) in [6.07, 6.45) is 4.42. The summed E-state index contributed by atoms with van der Waals surface area (Å²) in [4.78, 5) is 15.0. The molecule has 2 aromatic rings. The number of nitrogens with zero attached hydrogens (tertiary/aromatic N) is 1. The Kier molecular flexibility index (Phi) is 6.42. The molecule has 0 bridgehead atoms. The fraction of sp³-hybridized carbons (Fsp3) is 0.458. The molecule has 166 valence electrons.